The summed E-state index contributed by atoms with van der Waals surface area (Å²) in [6, 6.07) is 6.89. The first kappa shape index (κ1) is 22.7. The second-order valence-electron chi connectivity index (χ2n) is 7.73. The molecule has 0 bridgehead atoms. The van der Waals surface area contributed by atoms with Gasteiger partial charge >= 0.3 is 12.0 Å². The lowest BCUT2D eigenvalue weighted by molar-refractivity contribution is -0.137. The topological polar surface area (TPSA) is 87.7 Å². The summed E-state index contributed by atoms with van der Waals surface area (Å²) in [5.41, 5.74) is 1.25. The van der Waals surface area contributed by atoms with Crippen LogP contribution in [0.1, 0.15) is 68.8 Å². The van der Waals surface area contributed by atoms with E-state index in [-0.39, 0.29) is 30.6 Å². The molecule has 2 rings (SSSR count). The number of carbonyl (C=O) groups is 3. The van der Waals surface area contributed by atoms with E-state index in [0.29, 0.717) is 18.7 Å². The van der Waals surface area contributed by atoms with Crippen LogP contribution in [0, 0.1) is 0 Å². The summed E-state index contributed by atoms with van der Waals surface area (Å²) in [7, 11) is 0. The van der Waals surface area contributed by atoms with Gasteiger partial charge in [0.25, 0.3) is 5.91 Å². The third kappa shape index (κ3) is 7.40. The van der Waals surface area contributed by atoms with Gasteiger partial charge in [-0.25, -0.2) is 9.59 Å². The molecule has 0 heterocycles. The molecule has 160 valence electrons. The number of hydrogen-bond acceptors (Lipinski definition) is 4. The van der Waals surface area contributed by atoms with E-state index in [1.54, 1.807) is 24.3 Å². The first-order valence-corrected chi connectivity index (χ1v) is 10.5. The summed E-state index contributed by atoms with van der Waals surface area (Å²) >= 11 is 0. The van der Waals surface area contributed by atoms with Gasteiger partial charge < -0.3 is 20.3 Å². The minimum absolute atomic E-state index is 0.0663. The van der Waals surface area contributed by atoms with Gasteiger partial charge in [-0.1, -0.05) is 31.4 Å². The molecule has 7 heteroatoms. The number of urea groups is 1. The fourth-order valence-corrected chi connectivity index (χ4v) is 3.58. The van der Waals surface area contributed by atoms with Crippen molar-refractivity contribution in [3.05, 3.63) is 35.4 Å². The van der Waals surface area contributed by atoms with Crippen LogP contribution in [0.4, 0.5) is 4.79 Å². The summed E-state index contributed by atoms with van der Waals surface area (Å²) in [5, 5.41) is 5.50. The second kappa shape index (κ2) is 11.4. The van der Waals surface area contributed by atoms with E-state index in [4.69, 9.17) is 4.74 Å². The van der Waals surface area contributed by atoms with Crippen molar-refractivity contribution in [1.82, 2.24) is 15.5 Å². The number of benzene rings is 1. The molecule has 29 heavy (non-hydrogen) atoms. The lowest BCUT2D eigenvalue weighted by Crippen LogP contribution is -2.43. The SMILES string of the molecule is CCN(C(=O)COC(=O)c1ccc(CNC(=O)NC(C)C)cc1)C1CCCCC1. The molecular formula is C22H33N3O4. The summed E-state index contributed by atoms with van der Waals surface area (Å²) in [4.78, 5) is 38.2. The maximum absolute atomic E-state index is 12.5. The van der Waals surface area contributed by atoms with Gasteiger partial charge in [0.2, 0.25) is 0 Å². The molecule has 0 aromatic heterocycles. The highest BCUT2D eigenvalue weighted by Crippen LogP contribution is 2.22. The Balaban J connectivity index is 1.80. The van der Waals surface area contributed by atoms with Crippen molar-refractivity contribution in [2.45, 2.75) is 71.5 Å². The average Bonchev–Trinajstić information content (AvgIpc) is 2.71. The van der Waals surface area contributed by atoms with Crippen molar-refractivity contribution < 1.29 is 19.1 Å². The zero-order valence-electron chi connectivity index (χ0n) is 17.7. The molecule has 7 nitrogen and oxygen atoms in total. The molecule has 1 saturated carbocycles. The number of rotatable bonds is 8. The zero-order valence-corrected chi connectivity index (χ0v) is 17.7. The summed E-state index contributed by atoms with van der Waals surface area (Å²) < 4.78 is 5.24. The Morgan fingerprint density at radius 1 is 1.10 bits per heavy atom. The third-order valence-corrected chi connectivity index (χ3v) is 5.07. The van der Waals surface area contributed by atoms with Gasteiger partial charge in [0.15, 0.2) is 6.61 Å². The molecule has 0 saturated heterocycles. The molecule has 0 spiro atoms. The van der Waals surface area contributed by atoms with Crippen molar-refractivity contribution in [3.8, 4) is 0 Å². The summed E-state index contributed by atoms with van der Waals surface area (Å²) in [6.45, 7) is 6.50. The predicted molar refractivity (Wildman–Crippen MR) is 111 cm³/mol. The Bertz CT molecular complexity index is 682. The highest BCUT2D eigenvalue weighted by atomic mass is 16.5. The Labute approximate surface area is 173 Å². The van der Waals surface area contributed by atoms with Crippen molar-refractivity contribution in [2.75, 3.05) is 13.2 Å². The van der Waals surface area contributed by atoms with Crippen LogP contribution in [0.25, 0.3) is 0 Å². The Hall–Kier alpha value is -2.57. The fourth-order valence-electron chi connectivity index (χ4n) is 3.58. The van der Waals surface area contributed by atoms with Gasteiger partial charge in [-0.3, -0.25) is 4.79 Å². The van der Waals surface area contributed by atoms with Crippen LogP contribution >= 0.6 is 0 Å². The Kier molecular flexibility index (Phi) is 8.96. The fraction of sp³-hybridized carbons (Fsp3) is 0.591. The van der Waals surface area contributed by atoms with Gasteiger partial charge in [0.1, 0.15) is 0 Å². The first-order valence-electron chi connectivity index (χ1n) is 10.5. The second-order valence-corrected chi connectivity index (χ2v) is 7.73. The number of ether oxygens (including phenoxy) is 1. The smallest absolute Gasteiger partial charge is 0.338 e. The van der Waals surface area contributed by atoms with Gasteiger partial charge in [0.05, 0.1) is 5.56 Å². The minimum atomic E-state index is -0.518. The third-order valence-electron chi connectivity index (χ3n) is 5.07. The Morgan fingerprint density at radius 2 is 1.76 bits per heavy atom. The van der Waals surface area contributed by atoms with Gasteiger partial charge in [-0.15, -0.1) is 0 Å². The van der Waals surface area contributed by atoms with Gasteiger partial charge in [-0.2, -0.15) is 0 Å². The van der Waals surface area contributed by atoms with E-state index in [2.05, 4.69) is 10.6 Å². The largest absolute Gasteiger partial charge is 0.452 e. The number of hydrogen-bond donors (Lipinski definition) is 2. The summed E-state index contributed by atoms with van der Waals surface area (Å²) in [5.74, 6) is -0.653. The van der Waals surface area contributed by atoms with Crippen LogP contribution in [-0.4, -0.2) is 48.0 Å². The number of esters is 1. The van der Waals surface area contributed by atoms with E-state index in [9.17, 15) is 14.4 Å². The standard InChI is InChI=1S/C22H33N3O4/c1-4-25(19-8-6-5-7-9-19)20(26)15-29-21(27)18-12-10-17(11-13-18)14-23-22(28)24-16(2)3/h10-13,16,19H,4-9,14-15H2,1-3H3,(H2,23,24,28). The van der Waals surface area contributed by atoms with Crippen LogP contribution < -0.4 is 10.6 Å². The molecule has 1 aromatic rings. The van der Waals surface area contributed by atoms with Crippen molar-refractivity contribution in [3.63, 3.8) is 0 Å². The van der Waals surface area contributed by atoms with Crippen molar-refractivity contribution >= 4 is 17.9 Å². The molecule has 0 atom stereocenters. The zero-order chi connectivity index (χ0) is 21.2. The maximum Gasteiger partial charge on any atom is 0.338 e. The molecule has 1 aromatic carbocycles. The van der Waals surface area contributed by atoms with Crippen molar-refractivity contribution in [2.24, 2.45) is 0 Å². The predicted octanol–water partition coefficient (Wildman–Crippen LogP) is 3.23. The Morgan fingerprint density at radius 3 is 2.34 bits per heavy atom. The first-order chi connectivity index (χ1) is 13.9. The van der Waals surface area contributed by atoms with E-state index in [1.807, 2.05) is 25.7 Å². The van der Waals surface area contributed by atoms with Gasteiger partial charge in [-0.05, 0) is 51.3 Å². The lowest BCUT2D eigenvalue weighted by atomic mass is 9.94. The number of amides is 3. The van der Waals surface area contributed by atoms with Crippen molar-refractivity contribution in [1.29, 1.82) is 0 Å². The molecule has 0 aliphatic heterocycles. The van der Waals surface area contributed by atoms with Crippen LogP contribution in [0.2, 0.25) is 0 Å². The lowest BCUT2D eigenvalue weighted by Gasteiger charge is -2.33. The molecule has 3 amide bonds. The van der Waals surface area contributed by atoms with Crippen LogP contribution in [0.3, 0.4) is 0 Å². The molecular weight excluding hydrogens is 370 g/mol. The number of nitrogens with one attached hydrogen (secondary N) is 2. The highest BCUT2D eigenvalue weighted by molar-refractivity contribution is 5.91. The van der Waals surface area contributed by atoms with Crippen LogP contribution in [0.15, 0.2) is 24.3 Å². The van der Waals surface area contributed by atoms with E-state index >= 15 is 0 Å². The van der Waals surface area contributed by atoms with Gasteiger partial charge in [0, 0.05) is 25.2 Å². The molecule has 1 fully saturated rings. The van der Waals surface area contributed by atoms with E-state index in [1.165, 1.54) is 6.42 Å². The van der Waals surface area contributed by atoms with Crippen LogP contribution in [0.5, 0.6) is 0 Å². The van der Waals surface area contributed by atoms with E-state index < -0.39 is 5.97 Å². The normalized spacial score (nSPS) is 14.3. The number of nitrogens with zero attached hydrogens (tertiary/aromatic N) is 1. The monoisotopic (exact) mass is 403 g/mol. The summed E-state index contributed by atoms with van der Waals surface area (Å²) in [6.07, 6.45) is 5.57. The average molecular weight is 404 g/mol. The van der Waals surface area contributed by atoms with E-state index in [0.717, 1.165) is 31.2 Å². The number of carbonyl (C=O) groups excluding carboxylic acids is 3. The minimum Gasteiger partial charge on any atom is -0.452 e. The molecule has 0 unspecified atom stereocenters. The highest BCUT2D eigenvalue weighted by Gasteiger charge is 2.24. The molecule has 0 radical (unpaired) electrons. The van der Waals surface area contributed by atoms with Crippen LogP contribution in [-0.2, 0) is 16.1 Å². The molecule has 2 N–H and O–H groups in total. The number of likely N-dealkylation sites (N-methyl/N-ethyl adjacent to an activating group) is 1. The maximum atomic E-state index is 12.5. The molecule has 1 aliphatic carbocycles. The molecule has 1 aliphatic rings. The quantitative estimate of drug-likeness (QED) is 0.653.